The molecular weight excluding hydrogens is 250 g/mol. The lowest BCUT2D eigenvalue weighted by Crippen LogP contribution is -2.63. The molecule has 2 unspecified atom stereocenters. The highest BCUT2D eigenvalue weighted by molar-refractivity contribution is 5.43. The summed E-state index contributed by atoms with van der Waals surface area (Å²) in [4.78, 5) is 0. The molecule has 0 aromatic heterocycles. The summed E-state index contributed by atoms with van der Waals surface area (Å²) in [6.07, 6.45) is 6.69. The van der Waals surface area contributed by atoms with Gasteiger partial charge in [-0.05, 0) is 44.5 Å². The van der Waals surface area contributed by atoms with Crippen molar-refractivity contribution in [1.82, 2.24) is 5.32 Å². The lowest BCUT2D eigenvalue weighted by Gasteiger charge is -2.53. The third-order valence-electron chi connectivity index (χ3n) is 5.26. The predicted octanol–water partition coefficient (Wildman–Crippen LogP) is 3.30. The summed E-state index contributed by atoms with van der Waals surface area (Å²) < 4.78 is 11.8. The molecule has 20 heavy (non-hydrogen) atoms. The molecule has 3 nitrogen and oxygen atoms in total. The van der Waals surface area contributed by atoms with Gasteiger partial charge in [-0.1, -0.05) is 18.9 Å². The Morgan fingerprint density at radius 1 is 1.20 bits per heavy atom. The Bertz CT molecular complexity index is 480. The number of nitrogens with one attached hydrogen (secondary N) is 1. The number of rotatable bonds is 4. The number of aryl methyl sites for hydroxylation is 1. The van der Waals surface area contributed by atoms with Crippen LogP contribution in [0.2, 0.25) is 0 Å². The average molecular weight is 275 g/mol. The fourth-order valence-electron chi connectivity index (χ4n) is 4.05. The molecule has 2 fully saturated rings. The van der Waals surface area contributed by atoms with Crippen molar-refractivity contribution in [3.05, 3.63) is 23.8 Å². The van der Waals surface area contributed by atoms with E-state index in [-0.39, 0.29) is 0 Å². The molecule has 3 rings (SSSR count). The van der Waals surface area contributed by atoms with Gasteiger partial charge in [0.05, 0.1) is 7.11 Å². The van der Waals surface area contributed by atoms with E-state index < -0.39 is 0 Å². The van der Waals surface area contributed by atoms with E-state index in [1.165, 1.54) is 31.2 Å². The molecule has 2 atom stereocenters. The molecule has 0 saturated heterocycles. The van der Waals surface area contributed by atoms with Crippen LogP contribution in [0.1, 0.15) is 37.7 Å². The Morgan fingerprint density at radius 3 is 2.60 bits per heavy atom. The zero-order chi connectivity index (χ0) is 14.2. The van der Waals surface area contributed by atoms with Crippen molar-refractivity contribution in [2.24, 2.45) is 5.41 Å². The van der Waals surface area contributed by atoms with Crippen LogP contribution < -0.4 is 14.8 Å². The van der Waals surface area contributed by atoms with Crippen molar-refractivity contribution >= 4 is 0 Å². The van der Waals surface area contributed by atoms with Crippen molar-refractivity contribution in [3.63, 3.8) is 0 Å². The second-order valence-electron chi connectivity index (χ2n) is 6.28. The molecule has 0 amide bonds. The molecule has 2 saturated carbocycles. The molecule has 2 aliphatic carbocycles. The topological polar surface area (TPSA) is 30.5 Å². The van der Waals surface area contributed by atoms with E-state index in [4.69, 9.17) is 9.47 Å². The van der Waals surface area contributed by atoms with Crippen molar-refractivity contribution in [1.29, 1.82) is 0 Å². The van der Waals surface area contributed by atoms with Gasteiger partial charge in [0.1, 0.15) is 6.10 Å². The van der Waals surface area contributed by atoms with Gasteiger partial charge in [-0.3, -0.25) is 0 Å². The maximum absolute atomic E-state index is 6.33. The molecule has 1 aromatic carbocycles. The van der Waals surface area contributed by atoms with Gasteiger partial charge in [0.15, 0.2) is 11.5 Å². The molecule has 1 N–H and O–H groups in total. The second-order valence-corrected chi connectivity index (χ2v) is 6.28. The van der Waals surface area contributed by atoms with Crippen molar-refractivity contribution in [2.45, 2.75) is 51.2 Å². The van der Waals surface area contributed by atoms with Crippen molar-refractivity contribution in [3.8, 4) is 11.5 Å². The minimum absolute atomic E-state index is 0.332. The number of hydrogen-bond donors (Lipinski definition) is 1. The normalized spacial score (nSPS) is 27.4. The van der Waals surface area contributed by atoms with Gasteiger partial charge < -0.3 is 14.8 Å². The van der Waals surface area contributed by atoms with E-state index in [9.17, 15) is 0 Å². The van der Waals surface area contributed by atoms with Gasteiger partial charge in [0.2, 0.25) is 0 Å². The second kappa shape index (κ2) is 5.28. The zero-order valence-electron chi connectivity index (χ0n) is 12.7. The van der Waals surface area contributed by atoms with Crippen LogP contribution >= 0.6 is 0 Å². The van der Waals surface area contributed by atoms with Gasteiger partial charge in [0.25, 0.3) is 0 Å². The van der Waals surface area contributed by atoms with E-state index in [2.05, 4.69) is 25.4 Å². The molecule has 3 heteroatoms. The largest absolute Gasteiger partial charge is 0.493 e. The average Bonchev–Trinajstić information content (AvgIpc) is 2.96. The first-order chi connectivity index (χ1) is 9.69. The van der Waals surface area contributed by atoms with E-state index in [1.54, 1.807) is 7.11 Å². The van der Waals surface area contributed by atoms with E-state index in [1.807, 2.05) is 12.1 Å². The Kier molecular flexibility index (Phi) is 3.63. The number of ether oxygens (including phenoxy) is 2. The first-order valence-corrected chi connectivity index (χ1v) is 7.68. The summed E-state index contributed by atoms with van der Waals surface area (Å²) in [5.74, 6) is 1.75. The third kappa shape index (κ3) is 2.08. The highest BCUT2D eigenvalue weighted by Gasteiger charge is 2.57. The Labute approximate surface area is 121 Å². The Morgan fingerprint density at radius 2 is 1.95 bits per heavy atom. The zero-order valence-corrected chi connectivity index (χ0v) is 12.7. The predicted molar refractivity (Wildman–Crippen MR) is 80.5 cm³/mol. The molecule has 0 bridgehead atoms. The summed E-state index contributed by atoms with van der Waals surface area (Å²) in [6.45, 7) is 2.07. The van der Waals surface area contributed by atoms with Crippen LogP contribution in [0.3, 0.4) is 0 Å². The monoisotopic (exact) mass is 275 g/mol. The fourth-order valence-corrected chi connectivity index (χ4v) is 4.05. The lowest BCUT2D eigenvalue weighted by atomic mass is 9.60. The van der Waals surface area contributed by atoms with Crippen LogP contribution in [0, 0.1) is 12.3 Å². The highest BCUT2D eigenvalue weighted by atomic mass is 16.5. The van der Waals surface area contributed by atoms with Crippen LogP contribution in [0.15, 0.2) is 18.2 Å². The summed E-state index contributed by atoms with van der Waals surface area (Å²) in [7, 11) is 3.79. The maximum Gasteiger partial charge on any atom is 0.161 e. The van der Waals surface area contributed by atoms with Gasteiger partial charge >= 0.3 is 0 Å². The van der Waals surface area contributed by atoms with Crippen molar-refractivity contribution in [2.75, 3.05) is 14.2 Å². The molecule has 0 radical (unpaired) electrons. The van der Waals surface area contributed by atoms with Crippen LogP contribution in [0.25, 0.3) is 0 Å². The fraction of sp³-hybridized carbons (Fsp3) is 0.647. The number of hydrogen-bond acceptors (Lipinski definition) is 3. The molecule has 0 heterocycles. The molecule has 1 aromatic rings. The van der Waals surface area contributed by atoms with Gasteiger partial charge in [0, 0.05) is 17.9 Å². The maximum atomic E-state index is 6.33. The van der Waals surface area contributed by atoms with Gasteiger partial charge in [-0.25, -0.2) is 0 Å². The minimum atomic E-state index is 0.332. The SMILES string of the molecule is CNC1CC(Oc2ccc(C)cc2OC)C12CCCC2. The van der Waals surface area contributed by atoms with Crippen LogP contribution in [0.5, 0.6) is 11.5 Å². The van der Waals surface area contributed by atoms with Crippen LogP contribution in [-0.2, 0) is 0 Å². The van der Waals surface area contributed by atoms with E-state index in [0.29, 0.717) is 17.6 Å². The van der Waals surface area contributed by atoms with Gasteiger partial charge in [-0.15, -0.1) is 0 Å². The van der Waals surface area contributed by atoms with Crippen molar-refractivity contribution < 1.29 is 9.47 Å². The third-order valence-corrected chi connectivity index (χ3v) is 5.26. The summed E-state index contributed by atoms with van der Waals surface area (Å²) >= 11 is 0. The first kappa shape index (κ1) is 13.7. The Balaban J connectivity index is 1.78. The lowest BCUT2D eigenvalue weighted by molar-refractivity contribution is -0.0744. The van der Waals surface area contributed by atoms with Crippen LogP contribution in [-0.4, -0.2) is 26.3 Å². The summed E-state index contributed by atoms with van der Waals surface area (Å²) in [6, 6.07) is 6.80. The molecule has 110 valence electrons. The number of benzene rings is 1. The number of methoxy groups -OCH3 is 1. The quantitative estimate of drug-likeness (QED) is 0.914. The molecule has 1 spiro atoms. The minimum Gasteiger partial charge on any atom is -0.493 e. The highest BCUT2D eigenvalue weighted by Crippen LogP contribution is 2.55. The van der Waals surface area contributed by atoms with Gasteiger partial charge in [-0.2, -0.15) is 0 Å². The molecule has 2 aliphatic rings. The first-order valence-electron chi connectivity index (χ1n) is 7.68. The smallest absolute Gasteiger partial charge is 0.161 e. The standard InChI is InChI=1S/C17H25NO2/c1-12-6-7-13(14(10-12)19-3)20-16-11-15(18-2)17(16)8-4-5-9-17/h6-7,10,15-16,18H,4-5,8-9,11H2,1-3H3. The Hall–Kier alpha value is -1.22. The van der Waals surface area contributed by atoms with Crippen LogP contribution in [0.4, 0.5) is 0 Å². The van der Waals surface area contributed by atoms with E-state index in [0.717, 1.165) is 17.9 Å². The molecular formula is C17H25NO2. The summed E-state index contributed by atoms with van der Waals surface area (Å²) in [5.41, 5.74) is 1.55. The molecule has 0 aliphatic heterocycles. The van der Waals surface area contributed by atoms with E-state index >= 15 is 0 Å². The summed E-state index contributed by atoms with van der Waals surface area (Å²) in [5, 5.41) is 3.48.